The van der Waals surface area contributed by atoms with Crippen molar-refractivity contribution in [2.75, 3.05) is 0 Å². The predicted molar refractivity (Wildman–Crippen MR) is 58.4 cm³/mol. The Balaban J connectivity index is 2.42. The summed E-state index contributed by atoms with van der Waals surface area (Å²) in [5, 5.41) is 11.4. The zero-order valence-electron chi connectivity index (χ0n) is 9.21. The largest absolute Gasteiger partial charge is 0.286 e. The number of aryl methyl sites for hydroxylation is 1. The molecule has 0 spiro atoms. The number of hydrogen-bond donors (Lipinski definition) is 0. The Bertz CT molecular complexity index is 515. The molecule has 0 amide bonds. The molecule has 0 fully saturated rings. The van der Waals surface area contributed by atoms with Gasteiger partial charge in [0.1, 0.15) is 10.6 Å². The summed E-state index contributed by atoms with van der Waals surface area (Å²) in [6, 6.07) is 0. The van der Waals surface area contributed by atoms with Gasteiger partial charge in [-0.3, -0.25) is 4.79 Å². The fraction of sp³-hybridized carbons (Fsp3) is 0.444. The maximum Gasteiger partial charge on any atom is 0.226 e. The second-order valence-corrected chi connectivity index (χ2v) is 4.47. The van der Waals surface area contributed by atoms with Crippen molar-refractivity contribution in [3.05, 3.63) is 22.5 Å². The molecule has 6 nitrogen and oxygen atoms in total. The van der Waals surface area contributed by atoms with E-state index in [2.05, 4.69) is 19.9 Å². The number of nitrogens with zero attached hydrogens (tertiary/aromatic N) is 5. The van der Waals surface area contributed by atoms with Gasteiger partial charge in [0.15, 0.2) is 0 Å². The van der Waals surface area contributed by atoms with Crippen LogP contribution in [-0.4, -0.2) is 30.4 Å². The molecule has 0 saturated carbocycles. The number of rotatable bonds is 3. The summed E-state index contributed by atoms with van der Waals surface area (Å²) in [5.41, 5.74) is 1.18. The van der Waals surface area contributed by atoms with Crippen molar-refractivity contribution in [2.45, 2.75) is 19.8 Å². The van der Waals surface area contributed by atoms with E-state index in [9.17, 15) is 4.79 Å². The van der Waals surface area contributed by atoms with Gasteiger partial charge < -0.3 is 0 Å². The molecule has 0 aliphatic rings. The van der Waals surface area contributed by atoms with Crippen molar-refractivity contribution in [3.8, 4) is 0 Å². The lowest BCUT2D eigenvalue weighted by molar-refractivity contribution is 0.103. The van der Waals surface area contributed by atoms with Gasteiger partial charge in [-0.25, -0.2) is 4.68 Å². The van der Waals surface area contributed by atoms with Gasteiger partial charge in [0, 0.05) is 7.05 Å². The summed E-state index contributed by atoms with van der Waals surface area (Å²) in [7, 11) is 1.68. The van der Waals surface area contributed by atoms with Crippen LogP contribution in [0.4, 0.5) is 0 Å². The smallest absolute Gasteiger partial charge is 0.226 e. The van der Waals surface area contributed by atoms with Crippen molar-refractivity contribution in [2.24, 2.45) is 7.05 Å². The van der Waals surface area contributed by atoms with Crippen LogP contribution < -0.4 is 0 Å². The molecular formula is C9H11N5OS. The van der Waals surface area contributed by atoms with E-state index in [0.717, 1.165) is 17.2 Å². The predicted octanol–water partition coefficient (Wildman–Crippen LogP) is 1.02. The number of ketones is 1. The molecule has 84 valence electrons. The monoisotopic (exact) mass is 237 g/mol. The van der Waals surface area contributed by atoms with Crippen LogP contribution in [0, 0.1) is 0 Å². The quantitative estimate of drug-likeness (QED) is 0.745. The molecule has 2 aromatic rings. The van der Waals surface area contributed by atoms with Gasteiger partial charge in [-0.2, -0.15) is 0 Å². The van der Waals surface area contributed by atoms with E-state index in [0.29, 0.717) is 10.6 Å². The zero-order chi connectivity index (χ0) is 11.7. The number of hydrogen-bond acceptors (Lipinski definition) is 6. The molecule has 0 N–H and O–H groups in total. The molecule has 7 heteroatoms. The summed E-state index contributed by atoms with van der Waals surface area (Å²) < 4.78 is 5.28. The van der Waals surface area contributed by atoms with Gasteiger partial charge in [-0.1, -0.05) is 23.5 Å². The normalized spacial score (nSPS) is 11.0. The molecule has 0 aromatic carbocycles. The van der Waals surface area contributed by atoms with Gasteiger partial charge in [0.05, 0.1) is 11.9 Å². The highest BCUT2D eigenvalue weighted by Crippen LogP contribution is 2.22. The first-order valence-corrected chi connectivity index (χ1v) is 5.60. The van der Waals surface area contributed by atoms with Gasteiger partial charge in [0.25, 0.3) is 0 Å². The molecule has 0 atom stereocenters. The summed E-state index contributed by atoms with van der Waals surface area (Å²) in [5.74, 6) is 0.0603. The third kappa shape index (κ3) is 1.73. The third-order valence-electron chi connectivity index (χ3n) is 2.21. The highest BCUT2D eigenvalue weighted by molar-refractivity contribution is 7.08. The van der Waals surface area contributed by atoms with Crippen LogP contribution in [0.25, 0.3) is 0 Å². The van der Waals surface area contributed by atoms with E-state index in [1.165, 1.54) is 10.9 Å². The van der Waals surface area contributed by atoms with Crippen LogP contribution in [0.15, 0.2) is 6.20 Å². The van der Waals surface area contributed by atoms with Crippen LogP contribution in [0.3, 0.4) is 0 Å². The van der Waals surface area contributed by atoms with E-state index in [1.54, 1.807) is 7.05 Å². The average molecular weight is 237 g/mol. The minimum absolute atomic E-state index is 0.119. The van der Waals surface area contributed by atoms with E-state index < -0.39 is 0 Å². The second-order valence-electron chi connectivity index (χ2n) is 3.71. The van der Waals surface area contributed by atoms with Crippen LogP contribution in [-0.2, 0) is 7.05 Å². The van der Waals surface area contributed by atoms with Crippen LogP contribution in [0.1, 0.15) is 40.8 Å². The fourth-order valence-electron chi connectivity index (χ4n) is 1.34. The first-order chi connectivity index (χ1) is 7.61. The lowest BCUT2D eigenvalue weighted by Crippen LogP contribution is -2.09. The summed E-state index contributed by atoms with van der Waals surface area (Å²) in [4.78, 5) is 12.7. The first-order valence-electron chi connectivity index (χ1n) is 4.83. The van der Waals surface area contributed by atoms with Crippen LogP contribution >= 0.6 is 11.5 Å². The lowest BCUT2D eigenvalue weighted by Gasteiger charge is -2.02. The molecule has 2 aromatic heterocycles. The Hall–Kier alpha value is -1.63. The third-order valence-corrected chi connectivity index (χ3v) is 2.95. The number of carbonyl (C=O) groups is 1. The molecule has 0 aliphatic carbocycles. The summed E-state index contributed by atoms with van der Waals surface area (Å²) >= 11 is 1.11. The Labute approximate surface area is 96.5 Å². The molecule has 0 unspecified atom stereocenters. The molecule has 2 rings (SSSR count). The van der Waals surface area contributed by atoms with Crippen molar-refractivity contribution < 1.29 is 4.79 Å². The van der Waals surface area contributed by atoms with Crippen molar-refractivity contribution in [3.63, 3.8) is 0 Å². The maximum atomic E-state index is 12.1. The van der Waals surface area contributed by atoms with Crippen LogP contribution in [0.5, 0.6) is 0 Å². The van der Waals surface area contributed by atoms with E-state index in [1.807, 2.05) is 13.8 Å². The van der Waals surface area contributed by atoms with Gasteiger partial charge in [-0.05, 0) is 17.5 Å². The molecular weight excluding hydrogens is 226 g/mol. The highest BCUT2D eigenvalue weighted by atomic mass is 32.1. The molecule has 0 aliphatic heterocycles. The number of aromatic nitrogens is 5. The van der Waals surface area contributed by atoms with E-state index in [-0.39, 0.29) is 11.7 Å². The molecule has 2 heterocycles. The Morgan fingerprint density at radius 3 is 2.81 bits per heavy atom. The number of carbonyl (C=O) groups excluding carboxylic acids is 1. The first kappa shape index (κ1) is 10.9. The Morgan fingerprint density at radius 2 is 2.25 bits per heavy atom. The molecule has 16 heavy (non-hydrogen) atoms. The Kier molecular flexibility index (Phi) is 2.78. The minimum atomic E-state index is -0.119. The highest BCUT2D eigenvalue weighted by Gasteiger charge is 2.22. The lowest BCUT2D eigenvalue weighted by atomic mass is 10.1. The second kappa shape index (κ2) is 4.09. The molecule has 0 bridgehead atoms. The molecule has 0 saturated heterocycles. The Morgan fingerprint density at radius 1 is 1.50 bits per heavy atom. The maximum absolute atomic E-state index is 12.1. The van der Waals surface area contributed by atoms with E-state index in [4.69, 9.17) is 0 Å². The average Bonchev–Trinajstić information content (AvgIpc) is 2.84. The van der Waals surface area contributed by atoms with Crippen molar-refractivity contribution >= 4 is 17.3 Å². The SMILES string of the molecule is CC(C)c1nnsc1C(=O)c1cnnn1C. The fourth-order valence-corrected chi connectivity index (χ4v) is 2.11. The topological polar surface area (TPSA) is 73.6 Å². The molecule has 0 radical (unpaired) electrons. The zero-order valence-corrected chi connectivity index (χ0v) is 10.0. The summed E-state index contributed by atoms with van der Waals surface area (Å²) in [6.07, 6.45) is 1.45. The van der Waals surface area contributed by atoms with Crippen molar-refractivity contribution in [1.82, 2.24) is 24.6 Å². The van der Waals surface area contributed by atoms with E-state index >= 15 is 0 Å². The standard InChI is InChI=1S/C9H11N5OS/c1-5(2)7-9(16-13-11-7)8(15)6-4-10-12-14(6)3/h4-5H,1-3H3. The van der Waals surface area contributed by atoms with Gasteiger partial charge >= 0.3 is 0 Å². The minimum Gasteiger partial charge on any atom is -0.286 e. The van der Waals surface area contributed by atoms with Gasteiger partial charge in [-0.15, -0.1) is 10.2 Å². The van der Waals surface area contributed by atoms with Crippen molar-refractivity contribution in [1.29, 1.82) is 0 Å². The summed E-state index contributed by atoms with van der Waals surface area (Å²) in [6.45, 7) is 3.96. The van der Waals surface area contributed by atoms with Gasteiger partial charge in [0.2, 0.25) is 5.78 Å². The van der Waals surface area contributed by atoms with Crippen LogP contribution in [0.2, 0.25) is 0 Å².